The maximum Gasteiger partial charge on any atom is 0.226 e. The molecule has 2 N–H and O–H groups in total. The molecule has 0 saturated carbocycles. The average Bonchev–Trinajstić information content (AvgIpc) is 3.40. The summed E-state index contributed by atoms with van der Waals surface area (Å²) in [5, 5.41) is 6.71. The van der Waals surface area contributed by atoms with Crippen LogP contribution in [0.3, 0.4) is 0 Å². The van der Waals surface area contributed by atoms with Crippen LogP contribution in [0.25, 0.3) is 5.69 Å². The van der Waals surface area contributed by atoms with Crippen LogP contribution in [0.5, 0.6) is 0 Å². The number of hydrogen-bond donors (Lipinski definition) is 2. The van der Waals surface area contributed by atoms with E-state index in [4.69, 9.17) is 12.2 Å². The summed E-state index contributed by atoms with van der Waals surface area (Å²) in [5.41, 5.74) is 7.93. The summed E-state index contributed by atoms with van der Waals surface area (Å²) in [5.74, 6) is -0.736. The number of carbonyl (C=O) groups is 1. The highest BCUT2D eigenvalue weighted by molar-refractivity contribution is 7.80. The van der Waals surface area contributed by atoms with Crippen molar-refractivity contribution in [2.45, 2.75) is 46.2 Å². The molecule has 2 aromatic carbocycles. The third kappa shape index (κ3) is 5.29. The van der Waals surface area contributed by atoms with Crippen molar-refractivity contribution in [2.75, 3.05) is 11.9 Å². The quantitative estimate of drug-likeness (QED) is 0.271. The third-order valence-electron chi connectivity index (χ3n) is 7.32. The van der Waals surface area contributed by atoms with Crippen LogP contribution < -0.4 is 10.6 Å². The zero-order valence-electron chi connectivity index (χ0n) is 22.5. The van der Waals surface area contributed by atoms with Crippen molar-refractivity contribution in [1.29, 1.82) is 0 Å². The Kier molecular flexibility index (Phi) is 7.48. The van der Waals surface area contributed by atoms with Crippen LogP contribution in [0.4, 0.5) is 10.1 Å². The SMILES string of the molecule is Cc1ccc(C)c(-n2c(C)cc([C@H]3[C@H](c4ccccn4)NC(=S)N3CCC(=O)Nc3ccccc3F)c2C)c1. The van der Waals surface area contributed by atoms with Gasteiger partial charge in [0.1, 0.15) is 5.82 Å². The van der Waals surface area contributed by atoms with Crippen LogP contribution in [-0.2, 0) is 4.79 Å². The minimum atomic E-state index is -0.462. The number of rotatable bonds is 7. The molecule has 1 fully saturated rings. The number of anilines is 1. The summed E-state index contributed by atoms with van der Waals surface area (Å²) >= 11 is 5.80. The first-order valence-electron chi connectivity index (χ1n) is 13.0. The number of hydrogen-bond acceptors (Lipinski definition) is 3. The van der Waals surface area contributed by atoms with Gasteiger partial charge in [-0.05, 0) is 93.0 Å². The van der Waals surface area contributed by atoms with E-state index in [9.17, 15) is 9.18 Å². The fraction of sp³-hybridized carbons (Fsp3) is 0.258. The Balaban J connectivity index is 1.50. The van der Waals surface area contributed by atoms with Crippen LogP contribution in [-0.4, -0.2) is 32.0 Å². The van der Waals surface area contributed by atoms with E-state index in [1.807, 2.05) is 18.2 Å². The summed E-state index contributed by atoms with van der Waals surface area (Å²) < 4.78 is 16.4. The number of thiocarbonyl (C=S) groups is 1. The van der Waals surface area contributed by atoms with Gasteiger partial charge in [-0.1, -0.05) is 30.3 Å². The maximum absolute atomic E-state index is 14.1. The van der Waals surface area contributed by atoms with Crippen molar-refractivity contribution in [3.63, 3.8) is 0 Å². The molecular formula is C31H32FN5OS. The summed E-state index contributed by atoms with van der Waals surface area (Å²) in [6.45, 7) is 8.83. The summed E-state index contributed by atoms with van der Waals surface area (Å²) in [6, 6.07) is 20.3. The lowest BCUT2D eigenvalue weighted by atomic mass is 9.96. The molecule has 1 aliphatic rings. The van der Waals surface area contributed by atoms with Crippen molar-refractivity contribution in [3.05, 3.63) is 113 Å². The third-order valence-corrected chi connectivity index (χ3v) is 7.67. The number of benzene rings is 2. The lowest BCUT2D eigenvalue weighted by Crippen LogP contribution is -2.33. The minimum Gasteiger partial charge on any atom is -0.352 e. The molecule has 1 aliphatic heterocycles. The fourth-order valence-corrected chi connectivity index (χ4v) is 5.73. The lowest BCUT2D eigenvalue weighted by molar-refractivity contribution is -0.116. The fourth-order valence-electron chi connectivity index (χ4n) is 5.40. The molecule has 4 aromatic rings. The van der Waals surface area contributed by atoms with Crippen LogP contribution in [0.2, 0.25) is 0 Å². The number of aromatic nitrogens is 2. The molecule has 1 amide bonds. The standard InChI is InChI=1S/C31H32FN5OS/c1-19-12-13-20(2)27(17-19)37-21(3)18-23(22(37)4)30-29(26-11-7-8-15-33-26)35-31(39)36(30)16-14-28(38)34-25-10-6-5-9-24(25)32/h5-13,15,17-18,29-30H,14,16H2,1-4H3,(H,34,38)(H,35,39)/t29-,30-/m0/s1. The molecule has 0 radical (unpaired) electrons. The zero-order valence-corrected chi connectivity index (χ0v) is 23.3. The Morgan fingerprint density at radius 1 is 1.05 bits per heavy atom. The first-order valence-corrected chi connectivity index (χ1v) is 13.4. The van der Waals surface area contributed by atoms with E-state index in [1.54, 1.807) is 24.4 Å². The van der Waals surface area contributed by atoms with Gasteiger partial charge in [0.25, 0.3) is 0 Å². The molecule has 5 rings (SSSR count). The highest BCUT2D eigenvalue weighted by Crippen LogP contribution is 2.41. The number of para-hydroxylation sites is 1. The van der Waals surface area contributed by atoms with E-state index in [0.717, 1.165) is 28.3 Å². The van der Waals surface area contributed by atoms with Gasteiger partial charge in [0.2, 0.25) is 5.91 Å². The van der Waals surface area contributed by atoms with Gasteiger partial charge < -0.3 is 20.1 Å². The lowest BCUT2D eigenvalue weighted by Gasteiger charge is -2.28. The van der Waals surface area contributed by atoms with Crippen molar-refractivity contribution in [1.82, 2.24) is 19.8 Å². The van der Waals surface area contributed by atoms with Gasteiger partial charge >= 0.3 is 0 Å². The number of aryl methyl sites for hydroxylation is 3. The number of nitrogens with one attached hydrogen (secondary N) is 2. The number of pyridine rings is 1. The van der Waals surface area contributed by atoms with Gasteiger partial charge in [-0.25, -0.2) is 4.39 Å². The van der Waals surface area contributed by atoms with Crippen molar-refractivity contribution < 1.29 is 9.18 Å². The molecule has 2 aromatic heterocycles. The molecule has 6 nitrogen and oxygen atoms in total. The molecule has 2 atom stereocenters. The summed E-state index contributed by atoms with van der Waals surface area (Å²) in [6.07, 6.45) is 1.93. The Morgan fingerprint density at radius 2 is 1.82 bits per heavy atom. The number of halogens is 1. The molecular weight excluding hydrogens is 509 g/mol. The molecule has 200 valence electrons. The first kappa shape index (κ1) is 26.6. The summed E-state index contributed by atoms with van der Waals surface area (Å²) in [4.78, 5) is 19.5. The van der Waals surface area contributed by atoms with Crippen molar-refractivity contribution in [2.24, 2.45) is 0 Å². The number of carbonyl (C=O) groups excluding carboxylic acids is 1. The highest BCUT2D eigenvalue weighted by atomic mass is 32.1. The molecule has 39 heavy (non-hydrogen) atoms. The van der Waals surface area contributed by atoms with Gasteiger partial charge in [0.05, 0.1) is 23.5 Å². The molecule has 0 unspecified atom stereocenters. The van der Waals surface area contributed by atoms with E-state index in [1.165, 1.54) is 17.2 Å². The van der Waals surface area contributed by atoms with Gasteiger partial charge in [-0.15, -0.1) is 0 Å². The Morgan fingerprint density at radius 3 is 2.56 bits per heavy atom. The smallest absolute Gasteiger partial charge is 0.226 e. The normalized spacial score (nSPS) is 16.8. The van der Waals surface area contributed by atoms with Gasteiger partial charge in [0.15, 0.2) is 5.11 Å². The molecule has 8 heteroatoms. The van der Waals surface area contributed by atoms with Crippen LogP contribution in [0.15, 0.2) is 72.9 Å². The zero-order chi connectivity index (χ0) is 27.7. The van der Waals surface area contributed by atoms with Crippen molar-refractivity contribution >= 4 is 28.9 Å². The van der Waals surface area contributed by atoms with Crippen molar-refractivity contribution in [3.8, 4) is 5.69 Å². The second kappa shape index (κ2) is 11.0. The Bertz CT molecular complexity index is 1530. The summed E-state index contributed by atoms with van der Waals surface area (Å²) in [7, 11) is 0. The van der Waals surface area contributed by atoms with Crippen LogP contribution in [0, 0.1) is 33.5 Å². The number of amides is 1. The van der Waals surface area contributed by atoms with Gasteiger partial charge in [-0.2, -0.15) is 0 Å². The average molecular weight is 542 g/mol. The van der Waals surface area contributed by atoms with Gasteiger partial charge in [0, 0.05) is 36.2 Å². The monoisotopic (exact) mass is 541 g/mol. The van der Waals surface area contributed by atoms with E-state index >= 15 is 0 Å². The largest absolute Gasteiger partial charge is 0.352 e. The molecule has 0 spiro atoms. The predicted octanol–water partition coefficient (Wildman–Crippen LogP) is 6.25. The Labute approximate surface area is 233 Å². The Hall–Kier alpha value is -4.04. The second-order valence-corrected chi connectivity index (χ2v) is 10.4. The number of nitrogens with zero attached hydrogens (tertiary/aromatic N) is 3. The van der Waals surface area contributed by atoms with Crippen LogP contribution >= 0.6 is 12.2 Å². The predicted molar refractivity (Wildman–Crippen MR) is 157 cm³/mol. The van der Waals surface area contributed by atoms with Crippen LogP contribution in [0.1, 0.15) is 52.3 Å². The maximum atomic E-state index is 14.1. The van der Waals surface area contributed by atoms with E-state index in [0.29, 0.717) is 11.7 Å². The molecule has 0 bridgehead atoms. The van der Waals surface area contributed by atoms with E-state index in [2.05, 4.69) is 77.0 Å². The minimum absolute atomic E-state index is 0.150. The highest BCUT2D eigenvalue weighted by Gasteiger charge is 2.41. The second-order valence-electron chi connectivity index (χ2n) is 10.0. The first-order chi connectivity index (χ1) is 18.7. The van der Waals surface area contributed by atoms with Gasteiger partial charge in [-0.3, -0.25) is 9.78 Å². The molecule has 3 heterocycles. The van der Waals surface area contributed by atoms with E-state index < -0.39 is 5.82 Å². The topological polar surface area (TPSA) is 62.2 Å². The molecule has 0 aliphatic carbocycles. The van der Waals surface area contributed by atoms with E-state index in [-0.39, 0.29) is 30.1 Å². The molecule has 1 saturated heterocycles.